The van der Waals surface area contributed by atoms with Gasteiger partial charge in [0.05, 0.1) is 19.0 Å². The molecule has 0 saturated carbocycles. The topological polar surface area (TPSA) is 157 Å². The number of fused-ring (bicyclic) bond motifs is 1. The Hall–Kier alpha value is -2.56. The predicted octanol–water partition coefficient (Wildman–Crippen LogP) is 3.73. The zero-order valence-corrected chi connectivity index (χ0v) is 22.0. The third-order valence-electron chi connectivity index (χ3n) is 5.52. The standard InChI is InChI=1S/C22H31ClN7O4P/c1-13-8-16(23)6-7-17(13)15(3)28-35(33,29-22(4,5)21(31)32)12-34-14(2)9-30-11-27-18-19(24)25-10-26-20(18)30/h6-8,10-11,14-15H,9,12H2,1-5H3,(H,31,32)(H2,24,25,26)(H2,28,29,33)/t14?,15-,35?/m1/s1. The fourth-order valence-electron chi connectivity index (χ4n) is 3.70. The van der Waals surface area contributed by atoms with E-state index in [0.717, 1.165) is 11.1 Å². The number of anilines is 1. The Labute approximate surface area is 208 Å². The first-order valence-electron chi connectivity index (χ1n) is 11.0. The summed E-state index contributed by atoms with van der Waals surface area (Å²) in [6.45, 7) is 8.84. The summed E-state index contributed by atoms with van der Waals surface area (Å²) in [7, 11) is -3.55. The van der Waals surface area contributed by atoms with E-state index >= 15 is 0 Å². The van der Waals surface area contributed by atoms with Crippen LogP contribution in [0.2, 0.25) is 5.02 Å². The molecule has 0 fully saturated rings. The first-order chi connectivity index (χ1) is 16.3. The number of aryl methyl sites for hydroxylation is 1. The van der Waals surface area contributed by atoms with E-state index in [1.807, 2.05) is 32.9 Å². The molecule has 35 heavy (non-hydrogen) atoms. The third kappa shape index (κ3) is 6.56. The zero-order valence-electron chi connectivity index (χ0n) is 20.3. The maximum Gasteiger partial charge on any atom is 0.323 e. The van der Waals surface area contributed by atoms with Crippen molar-refractivity contribution < 1.29 is 19.2 Å². The molecule has 0 aliphatic carbocycles. The Morgan fingerprint density at radius 1 is 1.31 bits per heavy atom. The smallest absolute Gasteiger partial charge is 0.323 e. The van der Waals surface area contributed by atoms with Crippen molar-refractivity contribution in [2.24, 2.45) is 0 Å². The Balaban J connectivity index is 1.77. The molecule has 11 nitrogen and oxygen atoms in total. The second kappa shape index (κ2) is 10.6. The van der Waals surface area contributed by atoms with Gasteiger partial charge in [-0.1, -0.05) is 17.7 Å². The van der Waals surface area contributed by atoms with Crippen LogP contribution in [0.5, 0.6) is 0 Å². The van der Waals surface area contributed by atoms with Gasteiger partial charge in [-0.25, -0.2) is 25.1 Å². The fraction of sp³-hybridized carbons (Fsp3) is 0.455. The molecule has 5 N–H and O–H groups in total. The fourth-order valence-corrected chi connectivity index (χ4v) is 6.36. The quantitative estimate of drug-likeness (QED) is 0.273. The first kappa shape index (κ1) is 27.0. The number of carboxylic acid groups (broad SMARTS) is 1. The molecule has 3 rings (SSSR count). The molecule has 0 aliphatic rings. The minimum Gasteiger partial charge on any atom is -0.480 e. The van der Waals surface area contributed by atoms with E-state index in [-0.39, 0.29) is 18.2 Å². The summed E-state index contributed by atoms with van der Waals surface area (Å²) < 4.78 is 21.7. The molecular weight excluding hydrogens is 493 g/mol. The highest BCUT2D eigenvalue weighted by molar-refractivity contribution is 7.59. The molecule has 0 amide bonds. The maximum absolute atomic E-state index is 14.0. The van der Waals surface area contributed by atoms with Gasteiger partial charge in [-0.2, -0.15) is 0 Å². The predicted molar refractivity (Wildman–Crippen MR) is 135 cm³/mol. The van der Waals surface area contributed by atoms with Crippen LogP contribution in [0.4, 0.5) is 5.82 Å². The molecule has 3 atom stereocenters. The number of nitrogens with two attached hydrogens (primary N) is 1. The molecule has 0 aliphatic heterocycles. The number of carboxylic acids is 1. The summed E-state index contributed by atoms with van der Waals surface area (Å²) in [5.74, 6) is -0.854. The Bertz CT molecular complexity index is 1270. The van der Waals surface area contributed by atoms with Gasteiger partial charge in [-0.15, -0.1) is 0 Å². The van der Waals surface area contributed by atoms with Crippen LogP contribution in [0.25, 0.3) is 11.2 Å². The van der Waals surface area contributed by atoms with Crippen LogP contribution in [0.1, 0.15) is 44.9 Å². The van der Waals surface area contributed by atoms with Crippen molar-refractivity contribution >= 4 is 42.0 Å². The van der Waals surface area contributed by atoms with Gasteiger partial charge in [0, 0.05) is 11.1 Å². The van der Waals surface area contributed by atoms with E-state index in [2.05, 4.69) is 25.1 Å². The highest BCUT2D eigenvalue weighted by atomic mass is 35.5. The minimum absolute atomic E-state index is 0.244. The molecular formula is C22H31ClN7O4P. The number of nitrogens with zero attached hydrogens (tertiary/aromatic N) is 4. The molecule has 0 spiro atoms. The van der Waals surface area contributed by atoms with Crippen LogP contribution in [0.3, 0.4) is 0 Å². The normalized spacial score (nSPS) is 15.6. The number of aromatic nitrogens is 4. The number of imidazole rings is 1. The van der Waals surface area contributed by atoms with Crippen molar-refractivity contribution in [1.29, 1.82) is 0 Å². The molecule has 2 aromatic heterocycles. The van der Waals surface area contributed by atoms with Gasteiger partial charge in [-0.3, -0.25) is 9.36 Å². The lowest BCUT2D eigenvalue weighted by molar-refractivity contribution is -0.142. The van der Waals surface area contributed by atoms with E-state index in [0.29, 0.717) is 22.7 Å². The number of ether oxygens (including phenoxy) is 1. The van der Waals surface area contributed by atoms with Crippen LogP contribution < -0.4 is 15.9 Å². The number of nitrogens with one attached hydrogen (secondary N) is 2. The van der Waals surface area contributed by atoms with E-state index in [4.69, 9.17) is 22.1 Å². The minimum atomic E-state index is -3.55. The number of rotatable bonds is 11. The first-order valence-corrected chi connectivity index (χ1v) is 13.3. The average molecular weight is 524 g/mol. The van der Waals surface area contributed by atoms with Gasteiger partial charge < -0.3 is 20.1 Å². The number of nitrogen functional groups attached to an aromatic ring is 1. The van der Waals surface area contributed by atoms with Gasteiger partial charge in [0.2, 0.25) is 7.44 Å². The van der Waals surface area contributed by atoms with Gasteiger partial charge in [-0.05, 0) is 57.9 Å². The van der Waals surface area contributed by atoms with E-state index in [1.54, 1.807) is 17.0 Å². The zero-order chi connectivity index (χ0) is 26.0. The van der Waals surface area contributed by atoms with Crippen molar-refractivity contribution in [3.63, 3.8) is 0 Å². The number of carbonyl (C=O) groups is 1. The highest BCUT2D eigenvalue weighted by Crippen LogP contribution is 2.42. The van der Waals surface area contributed by atoms with Gasteiger partial charge >= 0.3 is 5.97 Å². The van der Waals surface area contributed by atoms with Crippen molar-refractivity contribution in [3.8, 4) is 0 Å². The van der Waals surface area contributed by atoms with Gasteiger partial charge in [0.1, 0.15) is 23.7 Å². The molecule has 0 bridgehead atoms. The van der Waals surface area contributed by atoms with Crippen molar-refractivity contribution in [1.82, 2.24) is 29.7 Å². The maximum atomic E-state index is 14.0. The van der Waals surface area contributed by atoms with Crippen LogP contribution in [0.15, 0.2) is 30.9 Å². The van der Waals surface area contributed by atoms with E-state index in [1.165, 1.54) is 20.2 Å². The Kier molecular flexibility index (Phi) is 8.18. The molecule has 2 unspecified atom stereocenters. The largest absolute Gasteiger partial charge is 0.480 e. The number of halogens is 1. The summed E-state index contributed by atoms with van der Waals surface area (Å²) in [6.07, 6.45) is 2.30. The monoisotopic (exact) mass is 523 g/mol. The van der Waals surface area contributed by atoms with Crippen molar-refractivity contribution in [2.45, 2.75) is 58.8 Å². The molecule has 0 radical (unpaired) electrons. The Morgan fingerprint density at radius 2 is 2.03 bits per heavy atom. The molecule has 2 heterocycles. The van der Waals surface area contributed by atoms with Crippen molar-refractivity contribution in [2.75, 3.05) is 12.1 Å². The summed E-state index contributed by atoms with van der Waals surface area (Å²) >= 11 is 6.07. The van der Waals surface area contributed by atoms with Crippen LogP contribution in [-0.2, 0) is 20.6 Å². The number of hydrogen-bond donors (Lipinski definition) is 4. The molecule has 13 heteroatoms. The number of hydrogen-bond acceptors (Lipinski definition) is 7. The van der Waals surface area contributed by atoms with E-state index in [9.17, 15) is 14.5 Å². The highest BCUT2D eigenvalue weighted by Gasteiger charge is 2.37. The summed E-state index contributed by atoms with van der Waals surface area (Å²) in [5, 5.41) is 16.1. The van der Waals surface area contributed by atoms with Crippen LogP contribution in [-0.4, -0.2) is 48.6 Å². The van der Waals surface area contributed by atoms with Crippen molar-refractivity contribution in [3.05, 3.63) is 47.0 Å². The van der Waals surface area contributed by atoms with Crippen LogP contribution >= 0.6 is 19.0 Å². The number of benzene rings is 1. The lowest BCUT2D eigenvalue weighted by Gasteiger charge is -2.32. The molecule has 1 aromatic carbocycles. The molecule has 3 aromatic rings. The average Bonchev–Trinajstić information content (AvgIpc) is 3.15. The number of aliphatic carboxylic acids is 1. The summed E-state index contributed by atoms with van der Waals surface area (Å²) in [5.41, 5.74) is 7.25. The summed E-state index contributed by atoms with van der Waals surface area (Å²) in [6, 6.07) is 5.06. The molecule has 0 saturated heterocycles. The van der Waals surface area contributed by atoms with Crippen LogP contribution in [0, 0.1) is 6.92 Å². The summed E-state index contributed by atoms with van der Waals surface area (Å²) in [4.78, 5) is 24.1. The van der Waals surface area contributed by atoms with E-state index < -0.39 is 25.1 Å². The van der Waals surface area contributed by atoms with Gasteiger partial charge in [0.25, 0.3) is 0 Å². The van der Waals surface area contributed by atoms with Gasteiger partial charge in [0.15, 0.2) is 11.5 Å². The SMILES string of the molecule is Cc1cc(Cl)ccc1[C@@H](C)NP(=O)(COC(C)Cn1cnc2c(N)ncnc21)NC(C)(C)C(=O)O. The second-order valence-electron chi connectivity index (χ2n) is 9.07. The lowest BCUT2D eigenvalue weighted by atomic mass is 10.0. The Morgan fingerprint density at radius 3 is 2.69 bits per heavy atom. The second-order valence-corrected chi connectivity index (χ2v) is 11.7. The third-order valence-corrected chi connectivity index (χ3v) is 7.99. The molecule has 190 valence electrons. The lowest BCUT2D eigenvalue weighted by Crippen LogP contribution is -2.48.